The summed E-state index contributed by atoms with van der Waals surface area (Å²) in [5.41, 5.74) is 2.87. The first-order valence-corrected chi connectivity index (χ1v) is 8.25. The molecule has 0 aliphatic heterocycles. The van der Waals surface area contributed by atoms with E-state index in [-0.39, 0.29) is 6.04 Å². The van der Waals surface area contributed by atoms with Gasteiger partial charge in [0.2, 0.25) is 0 Å². The second kappa shape index (κ2) is 7.24. The van der Waals surface area contributed by atoms with Gasteiger partial charge in [0.15, 0.2) is 4.34 Å². The van der Waals surface area contributed by atoms with Crippen LogP contribution in [-0.4, -0.2) is 16.7 Å². The van der Waals surface area contributed by atoms with Gasteiger partial charge in [0.05, 0.1) is 0 Å². The van der Waals surface area contributed by atoms with Gasteiger partial charge in [-0.2, -0.15) is 0 Å². The molecule has 0 saturated carbocycles. The molecular formula is C13H16ClN3S2. The van der Waals surface area contributed by atoms with Crippen molar-refractivity contribution in [2.75, 3.05) is 6.54 Å². The van der Waals surface area contributed by atoms with Crippen molar-refractivity contribution in [2.45, 2.75) is 35.5 Å². The number of nitrogens with one attached hydrogen (secondary N) is 1. The van der Waals surface area contributed by atoms with E-state index in [0.29, 0.717) is 0 Å². The second-order valence-electron chi connectivity index (χ2n) is 4.17. The van der Waals surface area contributed by atoms with Crippen molar-refractivity contribution >= 4 is 34.7 Å². The molecule has 0 aliphatic carbocycles. The first-order valence-electron chi connectivity index (χ1n) is 6.17. The van der Waals surface area contributed by atoms with Gasteiger partial charge >= 0.3 is 0 Å². The zero-order valence-electron chi connectivity index (χ0n) is 10.9. The third kappa shape index (κ3) is 4.18. The molecule has 1 heterocycles. The van der Waals surface area contributed by atoms with Crippen molar-refractivity contribution in [2.24, 2.45) is 0 Å². The summed E-state index contributed by atoms with van der Waals surface area (Å²) in [5, 5.41) is 12.1. The molecule has 1 atom stereocenters. The van der Waals surface area contributed by atoms with Crippen LogP contribution in [0.2, 0.25) is 5.02 Å². The SMILES string of the molecule is CCCNC(C)c1ccc(Sc2nncs2)cc1Cl. The molecule has 0 amide bonds. The molecule has 1 aromatic heterocycles. The van der Waals surface area contributed by atoms with Crippen molar-refractivity contribution in [3.8, 4) is 0 Å². The van der Waals surface area contributed by atoms with E-state index in [4.69, 9.17) is 11.6 Å². The van der Waals surface area contributed by atoms with Crippen LogP contribution in [0.1, 0.15) is 31.9 Å². The molecular weight excluding hydrogens is 298 g/mol. The molecule has 0 spiro atoms. The lowest BCUT2D eigenvalue weighted by Crippen LogP contribution is -2.19. The quantitative estimate of drug-likeness (QED) is 0.857. The summed E-state index contributed by atoms with van der Waals surface area (Å²) in [6.45, 7) is 5.29. The minimum Gasteiger partial charge on any atom is -0.310 e. The molecule has 3 nitrogen and oxygen atoms in total. The summed E-state index contributed by atoms with van der Waals surface area (Å²) in [6, 6.07) is 6.43. The fourth-order valence-corrected chi connectivity index (χ4v) is 3.60. The summed E-state index contributed by atoms with van der Waals surface area (Å²) in [6.07, 6.45) is 1.12. The van der Waals surface area contributed by atoms with Gasteiger partial charge in [-0.25, -0.2) is 0 Å². The van der Waals surface area contributed by atoms with Crippen LogP contribution in [0, 0.1) is 0 Å². The van der Waals surface area contributed by atoms with Crippen molar-refractivity contribution in [1.82, 2.24) is 15.5 Å². The van der Waals surface area contributed by atoms with Crippen LogP contribution >= 0.6 is 34.7 Å². The third-order valence-corrected chi connectivity index (χ3v) is 4.78. The van der Waals surface area contributed by atoms with Crippen LogP contribution < -0.4 is 5.32 Å². The highest BCUT2D eigenvalue weighted by Gasteiger charge is 2.10. The van der Waals surface area contributed by atoms with E-state index >= 15 is 0 Å². The van der Waals surface area contributed by atoms with E-state index in [1.807, 2.05) is 6.07 Å². The van der Waals surface area contributed by atoms with Gasteiger partial charge in [0.1, 0.15) is 5.51 Å². The fourth-order valence-electron chi connectivity index (χ4n) is 1.70. The highest BCUT2D eigenvalue weighted by molar-refractivity contribution is 8.01. The Morgan fingerprint density at radius 3 is 2.95 bits per heavy atom. The van der Waals surface area contributed by atoms with Crippen molar-refractivity contribution < 1.29 is 0 Å². The minimum atomic E-state index is 0.271. The monoisotopic (exact) mass is 313 g/mol. The third-order valence-electron chi connectivity index (χ3n) is 2.68. The maximum absolute atomic E-state index is 6.36. The van der Waals surface area contributed by atoms with E-state index < -0.39 is 0 Å². The van der Waals surface area contributed by atoms with Crippen LogP contribution in [0.25, 0.3) is 0 Å². The summed E-state index contributed by atoms with van der Waals surface area (Å²) in [4.78, 5) is 1.09. The normalized spacial score (nSPS) is 12.6. The summed E-state index contributed by atoms with van der Waals surface area (Å²) >= 11 is 9.47. The highest BCUT2D eigenvalue weighted by atomic mass is 35.5. The lowest BCUT2D eigenvalue weighted by Gasteiger charge is -2.15. The van der Waals surface area contributed by atoms with E-state index in [1.165, 1.54) is 11.3 Å². The van der Waals surface area contributed by atoms with Gasteiger partial charge in [-0.1, -0.05) is 47.7 Å². The van der Waals surface area contributed by atoms with Crippen LogP contribution in [-0.2, 0) is 0 Å². The van der Waals surface area contributed by atoms with E-state index in [9.17, 15) is 0 Å². The Morgan fingerprint density at radius 2 is 2.32 bits per heavy atom. The number of rotatable bonds is 6. The van der Waals surface area contributed by atoms with E-state index in [1.54, 1.807) is 17.3 Å². The van der Waals surface area contributed by atoms with Gasteiger partial charge in [-0.3, -0.25) is 0 Å². The maximum atomic E-state index is 6.36. The average Bonchev–Trinajstić information content (AvgIpc) is 2.89. The number of halogens is 1. The Balaban J connectivity index is 2.08. The molecule has 102 valence electrons. The lowest BCUT2D eigenvalue weighted by atomic mass is 10.1. The molecule has 0 radical (unpaired) electrons. The molecule has 1 N–H and O–H groups in total. The largest absolute Gasteiger partial charge is 0.310 e. The van der Waals surface area contributed by atoms with Crippen LogP contribution in [0.3, 0.4) is 0 Å². The van der Waals surface area contributed by atoms with Crippen molar-refractivity contribution in [1.29, 1.82) is 0 Å². The molecule has 0 fully saturated rings. The van der Waals surface area contributed by atoms with Crippen LogP contribution in [0.5, 0.6) is 0 Å². The second-order valence-corrected chi connectivity index (χ2v) is 6.73. The minimum absolute atomic E-state index is 0.271. The lowest BCUT2D eigenvalue weighted by molar-refractivity contribution is 0.570. The Hall–Kier alpha value is -0.620. The Kier molecular flexibility index (Phi) is 5.63. The number of hydrogen-bond acceptors (Lipinski definition) is 5. The summed E-state index contributed by atoms with van der Waals surface area (Å²) in [7, 11) is 0. The van der Waals surface area contributed by atoms with Crippen molar-refractivity contribution in [3.63, 3.8) is 0 Å². The van der Waals surface area contributed by atoms with Gasteiger partial charge in [-0.15, -0.1) is 10.2 Å². The molecule has 0 saturated heterocycles. The standard InChI is InChI=1S/C13H16ClN3S2/c1-3-6-15-9(2)11-5-4-10(7-12(11)14)19-13-17-16-8-18-13/h4-5,7-9,15H,3,6H2,1-2H3. The molecule has 2 rings (SSSR count). The van der Waals surface area contributed by atoms with Gasteiger partial charge < -0.3 is 5.32 Å². The van der Waals surface area contributed by atoms with Gasteiger partial charge in [0, 0.05) is 16.0 Å². The Morgan fingerprint density at radius 1 is 1.47 bits per heavy atom. The average molecular weight is 314 g/mol. The van der Waals surface area contributed by atoms with Crippen LogP contribution in [0.4, 0.5) is 0 Å². The molecule has 19 heavy (non-hydrogen) atoms. The molecule has 0 aliphatic rings. The summed E-state index contributed by atoms with van der Waals surface area (Å²) in [5.74, 6) is 0. The van der Waals surface area contributed by atoms with E-state index in [2.05, 4.69) is 41.5 Å². The van der Waals surface area contributed by atoms with E-state index in [0.717, 1.165) is 32.8 Å². The number of benzene rings is 1. The van der Waals surface area contributed by atoms with Gasteiger partial charge in [0.25, 0.3) is 0 Å². The van der Waals surface area contributed by atoms with Gasteiger partial charge in [-0.05, 0) is 37.6 Å². The molecule has 1 unspecified atom stereocenters. The fraction of sp³-hybridized carbons (Fsp3) is 0.385. The molecule has 1 aromatic carbocycles. The first kappa shape index (κ1) is 14.8. The topological polar surface area (TPSA) is 37.8 Å². The van der Waals surface area contributed by atoms with Crippen molar-refractivity contribution in [3.05, 3.63) is 34.3 Å². The first-order chi connectivity index (χ1) is 9.20. The summed E-state index contributed by atoms with van der Waals surface area (Å²) < 4.78 is 0.931. The predicted octanol–water partition coefficient (Wildman–Crippen LogP) is 4.40. The number of hydrogen-bond donors (Lipinski definition) is 1. The molecule has 0 bridgehead atoms. The Labute approximate surface area is 126 Å². The maximum Gasteiger partial charge on any atom is 0.178 e. The molecule has 6 heteroatoms. The predicted molar refractivity (Wildman–Crippen MR) is 82.2 cm³/mol. The number of aromatic nitrogens is 2. The van der Waals surface area contributed by atoms with Crippen LogP contribution in [0.15, 0.2) is 32.9 Å². The molecule has 2 aromatic rings. The Bertz CT molecular complexity index is 517. The zero-order valence-corrected chi connectivity index (χ0v) is 13.3. The number of nitrogens with zero attached hydrogens (tertiary/aromatic N) is 2. The zero-order chi connectivity index (χ0) is 13.7. The highest BCUT2D eigenvalue weighted by Crippen LogP contribution is 2.33. The smallest absolute Gasteiger partial charge is 0.178 e.